The molecule has 0 bridgehead atoms. The summed E-state index contributed by atoms with van der Waals surface area (Å²) in [5.74, 6) is 0.306. The number of rotatable bonds is 8. The molecule has 0 N–H and O–H groups in total. The van der Waals surface area contributed by atoms with Crippen LogP contribution in [0.3, 0.4) is 0 Å². The van der Waals surface area contributed by atoms with Crippen LogP contribution in [0.25, 0.3) is 0 Å². The Labute approximate surface area is 140 Å². The molecule has 0 aliphatic heterocycles. The van der Waals surface area contributed by atoms with E-state index < -0.39 is 10.4 Å². The van der Waals surface area contributed by atoms with Crippen LogP contribution in [0.5, 0.6) is 0 Å². The van der Waals surface area contributed by atoms with Crippen molar-refractivity contribution in [2.75, 3.05) is 24.6 Å². The molecule has 0 aliphatic rings. The van der Waals surface area contributed by atoms with Gasteiger partial charge < -0.3 is 14.0 Å². The smallest absolute Gasteiger partial charge is 0.269 e. The summed E-state index contributed by atoms with van der Waals surface area (Å²) in [4.78, 5) is 1.86. The van der Waals surface area contributed by atoms with Crippen molar-refractivity contribution in [3.63, 3.8) is 0 Å². The van der Waals surface area contributed by atoms with Crippen LogP contribution < -0.4 is 4.90 Å². The van der Waals surface area contributed by atoms with Crippen LogP contribution in [0.1, 0.15) is 6.92 Å². The minimum Gasteiger partial charge on any atom is -0.726 e. The van der Waals surface area contributed by atoms with E-state index in [2.05, 4.69) is 19.6 Å². The Morgan fingerprint density at radius 2 is 1.96 bits per heavy atom. The van der Waals surface area contributed by atoms with E-state index in [4.69, 9.17) is 4.52 Å². The van der Waals surface area contributed by atoms with E-state index in [1.165, 1.54) is 6.20 Å². The first kappa shape index (κ1) is 19.6. The van der Waals surface area contributed by atoms with Gasteiger partial charge in [0.25, 0.3) is 5.88 Å². The highest BCUT2D eigenvalue weighted by atomic mass is 32.3. The molecule has 0 amide bonds. The van der Waals surface area contributed by atoms with Gasteiger partial charge in [-0.05, 0) is 31.2 Å². The third kappa shape index (κ3) is 6.36. The molecule has 1 heterocycles. The molecule has 0 atom stereocenters. The predicted molar refractivity (Wildman–Crippen MR) is 87.1 cm³/mol. The molecule has 0 fully saturated rings. The Bertz CT molecular complexity index is 729. The van der Waals surface area contributed by atoms with Crippen molar-refractivity contribution in [1.29, 1.82) is 0 Å². The second kappa shape index (κ2) is 9.01. The fraction of sp³-hybridized carbons (Fsp3) is 0.286. The number of benzene rings is 1. The first-order valence-electron chi connectivity index (χ1n) is 6.75. The molecule has 0 radical (unpaired) electrons. The van der Waals surface area contributed by atoms with Gasteiger partial charge in [-0.25, -0.2) is 8.42 Å². The van der Waals surface area contributed by atoms with E-state index in [-0.39, 0.29) is 20.6 Å². The van der Waals surface area contributed by atoms with Gasteiger partial charge in [0, 0.05) is 32.3 Å². The van der Waals surface area contributed by atoms with Crippen molar-refractivity contribution in [2.24, 2.45) is 10.2 Å². The Balaban J connectivity index is 0.00000288. The predicted octanol–water partition coefficient (Wildman–Crippen LogP) is 2.84. The largest absolute Gasteiger partial charge is 0.726 e. The number of nitrogens with zero attached hydrogens (tertiary/aromatic N) is 4. The quantitative estimate of drug-likeness (QED) is 0.309. The number of anilines is 1. The molecule has 0 saturated carbocycles. The van der Waals surface area contributed by atoms with E-state index in [1.807, 2.05) is 24.0 Å². The standard InChI is InChI=1S/C13H16N4O5S.CH3/c1-2-17(9-10-21-23(18,19)20)12-5-3-11(4-6-12)15-16-13-7-8-14-22-13;/h3-8H,2,9-10H2,1H3,(H,18,19,20);1H3/q;+1/p-1. The van der Waals surface area contributed by atoms with Gasteiger partial charge in [-0.2, -0.15) is 0 Å². The van der Waals surface area contributed by atoms with E-state index >= 15 is 0 Å². The van der Waals surface area contributed by atoms with Crippen LogP contribution in [0.15, 0.2) is 51.3 Å². The zero-order valence-corrected chi connectivity index (χ0v) is 14.1. The van der Waals surface area contributed by atoms with Crippen LogP contribution in [-0.4, -0.2) is 37.8 Å². The van der Waals surface area contributed by atoms with Gasteiger partial charge in [0.2, 0.25) is 10.4 Å². The Hall–Kier alpha value is -2.43. The summed E-state index contributed by atoms with van der Waals surface area (Å²) in [7, 11) is -4.66. The molecule has 24 heavy (non-hydrogen) atoms. The zero-order chi connectivity index (χ0) is 16.7. The summed E-state index contributed by atoms with van der Waals surface area (Å²) in [6, 6.07) is 8.71. The monoisotopic (exact) mass is 354 g/mol. The van der Waals surface area contributed by atoms with Gasteiger partial charge in [0.15, 0.2) is 0 Å². The summed E-state index contributed by atoms with van der Waals surface area (Å²) in [5.41, 5.74) is 1.47. The van der Waals surface area contributed by atoms with Crippen molar-refractivity contribution in [3.8, 4) is 0 Å². The average molecular weight is 354 g/mol. The van der Waals surface area contributed by atoms with Crippen molar-refractivity contribution in [1.82, 2.24) is 5.16 Å². The van der Waals surface area contributed by atoms with Crippen molar-refractivity contribution in [2.45, 2.75) is 6.92 Å². The molecule has 9 nitrogen and oxygen atoms in total. The number of azo groups is 1. The first-order chi connectivity index (χ1) is 11.0. The summed E-state index contributed by atoms with van der Waals surface area (Å²) in [5, 5.41) is 11.4. The zero-order valence-electron chi connectivity index (χ0n) is 13.3. The van der Waals surface area contributed by atoms with Crippen LogP contribution in [0.4, 0.5) is 17.3 Å². The van der Waals surface area contributed by atoms with E-state index in [0.717, 1.165) is 5.69 Å². The highest BCUT2D eigenvalue weighted by Crippen LogP contribution is 2.22. The second-order valence-corrected chi connectivity index (χ2v) is 5.43. The lowest BCUT2D eigenvalue weighted by molar-refractivity contribution is 0.266. The van der Waals surface area contributed by atoms with Gasteiger partial charge in [-0.3, -0.25) is 4.18 Å². The minimum atomic E-state index is -4.66. The molecule has 1 aromatic carbocycles. The fourth-order valence-corrected chi connectivity index (χ4v) is 2.10. The fourth-order valence-electron chi connectivity index (χ4n) is 1.82. The number of aromatic nitrogens is 1. The average Bonchev–Trinajstić information content (AvgIpc) is 3.03. The number of hydrogen-bond acceptors (Lipinski definition) is 9. The third-order valence-corrected chi connectivity index (χ3v) is 3.33. The molecule has 1 aromatic heterocycles. The molecule has 0 spiro atoms. The van der Waals surface area contributed by atoms with E-state index in [0.29, 0.717) is 18.1 Å². The molecule has 0 saturated heterocycles. The molecule has 130 valence electrons. The van der Waals surface area contributed by atoms with Gasteiger partial charge in [-0.15, -0.1) is 10.2 Å². The van der Waals surface area contributed by atoms with Crippen LogP contribution in [0, 0.1) is 7.43 Å². The van der Waals surface area contributed by atoms with Gasteiger partial charge >= 0.3 is 0 Å². The SMILES string of the molecule is CCN(CCOS(=O)(=O)[O-])c1ccc(N=Nc2ccno2)cc1.[CH3+]. The van der Waals surface area contributed by atoms with E-state index in [1.54, 1.807) is 18.2 Å². The van der Waals surface area contributed by atoms with Crippen molar-refractivity contribution < 1.29 is 21.7 Å². The third-order valence-electron chi connectivity index (χ3n) is 2.87. The van der Waals surface area contributed by atoms with Gasteiger partial charge in [-0.1, -0.05) is 5.16 Å². The molecule has 0 unspecified atom stereocenters. The van der Waals surface area contributed by atoms with Crippen molar-refractivity contribution >= 4 is 27.7 Å². The van der Waals surface area contributed by atoms with Gasteiger partial charge in [0.1, 0.15) is 0 Å². The van der Waals surface area contributed by atoms with Crippen LogP contribution in [0.2, 0.25) is 0 Å². The Kier molecular flexibility index (Phi) is 7.36. The van der Waals surface area contributed by atoms with E-state index in [9.17, 15) is 13.0 Å². The Morgan fingerprint density at radius 3 is 2.50 bits per heavy atom. The summed E-state index contributed by atoms with van der Waals surface area (Å²) >= 11 is 0. The number of hydrogen-bond donors (Lipinski definition) is 0. The summed E-state index contributed by atoms with van der Waals surface area (Å²) < 4.78 is 40.3. The topological polar surface area (TPSA) is 120 Å². The molecular weight excluding hydrogens is 336 g/mol. The maximum atomic E-state index is 10.4. The summed E-state index contributed by atoms with van der Waals surface area (Å²) in [6.07, 6.45) is 1.47. The second-order valence-electron chi connectivity index (χ2n) is 4.38. The normalized spacial score (nSPS) is 11.4. The summed E-state index contributed by atoms with van der Waals surface area (Å²) in [6.45, 7) is 2.61. The molecule has 10 heteroatoms. The Morgan fingerprint density at radius 1 is 1.25 bits per heavy atom. The molecule has 2 aromatic rings. The lowest BCUT2D eigenvalue weighted by Gasteiger charge is -2.23. The lowest BCUT2D eigenvalue weighted by Crippen LogP contribution is -2.27. The maximum absolute atomic E-state index is 10.4. The lowest BCUT2D eigenvalue weighted by atomic mass is 10.2. The number of likely N-dealkylation sites (N-methyl/N-ethyl adjacent to an activating group) is 1. The van der Waals surface area contributed by atoms with Gasteiger partial charge in [0.05, 0.1) is 18.5 Å². The van der Waals surface area contributed by atoms with Crippen molar-refractivity contribution in [3.05, 3.63) is 44.0 Å². The maximum Gasteiger partial charge on any atom is 0.269 e. The molecular formula is C14H18N4O5S. The highest BCUT2D eigenvalue weighted by Gasteiger charge is 2.05. The molecule has 2 rings (SSSR count). The highest BCUT2D eigenvalue weighted by molar-refractivity contribution is 7.80. The molecule has 0 aliphatic carbocycles. The minimum absolute atomic E-state index is 0. The first-order valence-corrected chi connectivity index (χ1v) is 8.09. The van der Waals surface area contributed by atoms with Crippen LogP contribution in [-0.2, 0) is 14.6 Å². The van der Waals surface area contributed by atoms with Crippen LogP contribution >= 0.6 is 0 Å².